The lowest BCUT2D eigenvalue weighted by Gasteiger charge is -2.16. The Bertz CT molecular complexity index is 1070. The van der Waals surface area contributed by atoms with Crippen LogP contribution in [0.2, 0.25) is 5.02 Å². The molecule has 1 heterocycles. The molecule has 1 aliphatic rings. The first kappa shape index (κ1) is 22.7. The second kappa shape index (κ2) is 9.44. The van der Waals surface area contributed by atoms with Crippen molar-refractivity contribution in [3.05, 3.63) is 49.3 Å². The topological polar surface area (TPSA) is 128 Å². The van der Waals surface area contributed by atoms with E-state index in [9.17, 15) is 24.5 Å². The van der Waals surface area contributed by atoms with E-state index >= 15 is 0 Å². The number of nitro groups is 1. The van der Waals surface area contributed by atoms with Gasteiger partial charge in [-0.2, -0.15) is 0 Å². The fourth-order valence-electron chi connectivity index (χ4n) is 3.26. The summed E-state index contributed by atoms with van der Waals surface area (Å²) < 4.78 is 5.37. The Morgan fingerprint density at radius 3 is 2.58 bits per heavy atom. The van der Waals surface area contributed by atoms with Gasteiger partial charge in [0.1, 0.15) is 5.00 Å². The maximum absolute atomic E-state index is 12.9. The number of nitrogens with zero attached hydrogens (tertiary/aromatic N) is 1. The molecule has 0 saturated carbocycles. The molecule has 31 heavy (non-hydrogen) atoms. The van der Waals surface area contributed by atoms with E-state index < -0.39 is 22.9 Å². The fraction of sp³-hybridized carbons (Fsp3) is 0.350. The summed E-state index contributed by atoms with van der Waals surface area (Å²) in [4.78, 5) is 48.2. The number of esters is 1. The highest BCUT2D eigenvalue weighted by Crippen LogP contribution is 2.38. The number of hydrogen-bond donors (Lipinski definition) is 2. The first-order valence-corrected chi connectivity index (χ1v) is 10.7. The molecule has 164 valence electrons. The summed E-state index contributed by atoms with van der Waals surface area (Å²) >= 11 is 7.35. The van der Waals surface area contributed by atoms with E-state index in [1.54, 1.807) is 0 Å². The van der Waals surface area contributed by atoms with Crippen molar-refractivity contribution in [1.82, 2.24) is 0 Å². The third kappa shape index (κ3) is 5.20. The van der Waals surface area contributed by atoms with E-state index in [0.717, 1.165) is 35.8 Å². The van der Waals surface area contributed by atoms with Gasteiger partial charge in [-0.05, 0) is 44.2 Å². The number of fused-ring (bicyclic) bond motifs is 1. The number of carbonyl (C=O) groups excluding carboxylic acids is 3. The van der Waals surface area contributed by atoms with Crippen LogP contribution in [0.5, 0.6) is 0 Å². The number of rotatable bonds is 6. The van der Waals surface area contributed by atoms with Crippen LogP contribution in [0.3, 0.4) is 0 Å². The van der Waals surface area contributed by atoms with E-state index in [2.05, 4.69) is 10.6 Å². The molecule has 3 rings (SSSR count). The quantitative estimate of drug-likeness (QED) is 0.371. The Hall–Kier alpha value is -2.98. The average molecular weight is 466 g/mol. The van der Waals surface area contributed by atoms with Gasteiger partial charge in [0.15, 0.2) is 6.10 Å². The van der Waals surface area contributed by atoms with E-state index in [1.165, 1.54) is 37.3 Å². The summed E-state index contributed by atoms with van der Waals surface area (Å²) in [6, 6.07) is 3.62. The zero-order valence-electron chi connectivity index (χ0n) is 16.8. The van der Waals surface area contributed by atoms with Gasteiger partial charge >= 0.3 is 5.97 Å². The van der Waals surface area contributed by atoms with E-state index in [-0.39, 0.29) is 22.3 Å². The number of halogens is 1. The molecule has 0 bridgehead atoms. The zero-order chi connectivity index (χ0) is 22.7. The minimum atomic E-state index is -1.16. The van der Waals surface area contributed by atoms with E-state index in [4.69, 9.17) is 16.3 Å². The third-order valence-corrected chi connectivity index (χ3v) is 6.26. The largest absolute Gasteiger partial charge is 0.449 e. The summed E-state index contributed by atoms with van der Waals surface area (Å²) in [6.45, 7) is 2.77. The van der Waals surface area contributed by atoms with Gasteiger partial charge in [0.25, 0.3) is 11.6 Å². The molecule has 0 aliphatic heterocycles. The number of thiophene rings is 1. The molecule has 0 spiro atoms. The number of aryl methyl sites for hydroxylation is 1. The number of amides is 2. The van der Waals surface area contributed by atoms with Gasteiger partial charge in [0.2, 0.25) is 5.91 Å². The fourth-order valence-corrected chi connectivity index (χ4v) is 4.80. The SMILES string of the molecule is CC(=O)Nc1sc2c(c1C(=O)OC(C)C(=O)Nc1ccc([N+](=O)[O-])cc1Cl)CCCC2. The number of non-ortho nitro benzene ring substituents is 1. The Balaban J connectivity index is 1.74. The predicted octanol–water partition coefficient (Wildman–Crippen LogP) is 4.33. The molecule has 2 N–H and O–H groups in total. The lowest BCUT2D eigenvalue weighted by Crippen LogP contribution is -2.30. The Morgan fingerprint density at radius 2 is 1.94 bits per heavy atom. The van der Waals surface area contributed by atoms with Gasteiger partial charge in [0, 0.05) is 23.9 Å². The van der Waals surface area contributed by atoms with Crippen molar-refractivity contribution in [3.8, 4) is 0 Å². The second-order valence-electron chi connectivity index (χ2n) is 7.05. The van der Waals surface area contributed by atoms with Crippen LogP contribution in [0.15, 0.2) is 18.2 Å². The molecule has 1 atom stereocenters. The molecule has 0 saturated heterocycles. The number of benzene rings is 1. The maximum atomic E-state index is 12.9. The number of nitrogens with one attached hydrogen (secondary N) is 2. The van der Waals surface area contributed by atoms with Crippen molar-refractivity contribution in [2.45, 2.75) is 45.6 Å². The van der Waals surface area contributed by atoms with Crippen molar-refractivity contribution in [2.24, 2.45) is 0 Å². The van der Waals surface area contributed by atoms with Crippen molar-refractivity contribution in [3.63, 3.8) is 0 Å². The molecule has 1 aliphatic carbocycles. The molecule has 1 unspecified atom stereocenters. The normalized spacial score (nSPS) is 13.6. The summed E-state index contributed by atoms with van der Waals surface area (Å²) in [6.07, 6.45) is 2.31. The van der Waals surface area contributed by atoms with Gasteiger partial charge in [-0.1, -0.05) is 11.6 Å². The van der Waals surface area contributed by atoms with Crippen molar-refractivity contribution >= 4 is 57.1 Å². The summed E-state index contributed by atoms with van der Waals surface area (Å²) in [7, 11) is 0. The molecule has 1 aromatic heterocycles. The molecular formula is C20H20ClN3O6S. The minimum absolute atomic E-state index is 0.0130. The Labute approximate surface area is 186 Å². The molecule has 11 heteroatoms. The van der Waals surface area contributed by atoms with Gasteiger partial charge in [-0.15, -0.1) is 11.3 Å². The molecule has 2 amide bonds. The first-order valence-electron chi connectivity index (χ1n) is 9.55. The van der Waals surface area contributed by atoms with Gasteiger partial charge in [-0.25, -0.2) is 4.79 Å². The Morgan fingerprint density at radius 1 is 1.23 bits per heavy atom. The predicted molar refractivity (Wildman–Crippen MR) is 117 cm³/mol. The summed E-state index contributed by atoms with van der Waals surface area (Å²) in [5.74, 6) is -1.64. The lowest BCUT2D eigenvalue weighted by atomic mass is 9.95. The number of hydrogen-bond acceptors (Lipinski definition) is 7. The van der Waals surface area contributed by atoms with Gasteiger partial charge < -0.3 is 15.4 Å². The molecule has 0 fully saturated rings. The highest BCUT2D eigenvalue weighted by molar-refractivity contribution is 7.17. The average Bonchev–Trinajstić information content (AvgIpc) is 3.06. The van der Waals surface area contributed by atoms with E-state index in [1.807, 2.05) is 0 Å². The highest BCUT2D eigenvalue weighted by atomic mass is 35.5. The Kier molecular flexibility index (Phi) is 6.91. The lowest BCUT2D eigenvalue weighted by molar-refractivity contribution is -0.384. The van der Waals surface area contributed by atoms with Gasteiger partial charge in [-0.3, -0.25) is 19.7 Å². The monoisotopic (exact) mass is 465 g/mol. The second-order valence-corrected chi connectivity index (χ2v) is 8.57. The van der Waals surface area contributed by atoms with Crippen LogP contribution in [0.25, 0.3) is 0 Å². The van der Waals surface area contributed by atoms with Crippen molar-refractivity contribution < 1.29 is 24.0 Å². The number of ether oxygens (including phenoxy) is 1. The number of anilines is 2. The van der Waals surface area contributed by atoms with E-state index in [0.29, 0.717) is 17.0 Å². The zero-order valence-corrected chi connectivity index (χ0v) is 18.4. The third-order valence-electron chi connectivity index (χ3n) is 4.74. The summed E-state index contributed by atoms with van der Waals surface area (Å²) in [5, 5.41) is 16.4. The van der Waals surface area contributed by atoms with Crippen LogP contribution in [-0.4, -0.2) is 28.8 Å². The number of carbonyl (C=O) groups is 3. The van der Waals surface area contributed by atoms with Crippen LogP contribution < -0.4 is 10.6 Å². The maximum Gasteiger partial charge on any atom is 0.342 e. The first-order chi connectivity index (χ1) is 14.7. The molecule has 0 radical (unpaired) electrons. The van der Waals surface area contributed by atoms with Crippen LogP contribution in [0.4, 0.5) is 16.4 Å². The van der Waals surface area contributed by atoms with Crippen LogP contribution >= 0.6 is 22.9 Å². The minimum Gasteiger partial charge on any atom is -0.449 e. The van der Waals surface area contributed by atoms with Gasteiger partial charge in [0.05, 0.1) is 21.2 Å². The number of nitro benzene ring substituents is 1. The molecular weight excluding hydrogens is 446 g/mol. The van der Waals surface area contributed by atoms with Crippen LogP contribution in [0.1, 0.15) is 47.5 Å². The molecule has 2 aromatic rings. The standard InChI is InChI=1S/C20H20ClN3O6S/c1-10(18(26)23-15-8-7-12(24(28)29)9-14(15)21)30-20(27)17-13-5-3-4-6-16(13)31-19(17)22-11(2)25/h7-10H,3-6H2,1-2H3,(H,22,25)(H,23,26). The van der Waals surface area contributed by atoms with Crippen LogP contribution in [-0.2, 0) is 27.2 Å². The van der Waals surface area contributed by atoms with Crippen LogP contribution in [0, 0.1) is 10.1 Å². The molecule has 1 aromatic carbocycles. The highest BCUT2D eigenvalue weighted by Gasteiger charge is 2.29. The van der Waals surface area contributed by atoms with Crippen molar-refractivity contribution in [1.29, 1.82) is 0 Å². The molecule has 9 nitrogen and oxygen atoms in total. The summed E-state index contributed by atoms with van der Waals surface area (Å²) in [5.41, 5.74) is 1.10. The van der Waals surface area contributed by atoms with Crippen molar-refractivity contribution in [2.75, 3.05) is 10.6 Å². The smallest absolute Gasteiger partial charge is 0.342 e.